The van der Waals surface area contributed by atoms with Crippen LogP contribution in [0, 0.1) is 12.3 Å². The van der Waals surface area contributed by atoms with Gasteiger partial charge in [-0.3, -0.25) is 14.7 Å². The number of pyridine rings is 1. The summed E-state index contributed by atoms with van der Waals surface area (Å²) < 4.78 is 5.67. The summed E-state index contributed by atoms with van der Waals surface area (Å²) in [6.45, 7) is 6.88. The van der Waals surface area contributed by atoms with Crippen molar-refractivity contribution in [2.75, 3.05) is 32.8 Å². The van der Waals surface area contributed by atoms with Crippen molar-refractivity contribution < 1.29 is 9.53 Å². The number of carbonyl (C=O) groups is 1. The maximum Gasteiger partial charge on any atom is 0.260 e. The maximum atomic E-state index is 12.7. The number of carbonyl (C=O) groups excluding carboxylic acids is 1. The maximum absolute atomic E-state index is 12.7. The van der Waals surface area contributed by atoms with Crippen molar-refractivity contribution in [1.82, 2.24) is 14.8 Å². The Morgan fingerprint density at radius 1 is 1.07 bits per heavy atom. The molecule has 1 atom stereocenters. The van der Waals surface area contributed by atoms with E-state index in [1.807, 2.05) is 48.2 Å². The predicted octanol–water partition coefficient (Wildman–Crippen LogP) is 3.28. The normalized spacial score (nSPS) is 22.5. The van der Waals surface area contributed by atoms with E-state index in [1.54, 1.807) is 0 Å². The number of aromatic nitrogens is 1. The van der Waals surface area contributed by atoms with Crippen molar-refractivity contribution in [2.24, 2.45) is 5.41 Å². The fourth-order valence-corrected chi connectivity index (χ4v) is 4.59. The standard InChI is InChI=1S/C23H29N3O2/c1-19-7-5-8-20(24-19)15-25-14-12-23(17-25)11-6-13-26(18-23)22(27)16-28-21-9-3-2-4-10-21/h2-5,7-10H,6,11-18H2,1H3/t23-/m0/s1. The van der Waals surface area contributed by atoms with E-state index in [-0.39, 0.29) is 17.9 Å². The van der Waals surface area contributed by atoms with E-state index in [4.69, 9.17) is 4.74 Å². The van der Waals surface area contributed by atoms with Gasteiger partial charge in [0, 0.05) is 37.3 Å². The molecule has 5 heteroatoms. The molecule has 148 valence electrons. The third-order valence-electron chi connectivity index (χ3n) is 5.97. The molecule has 1 amide bonds. The van der Waals surface area contributed by atoms with Gasteiger partial charge in [-0.1, -0.05) is 24.3 Å². The second-order valence-electron chi connectivity index (χ2n) is 8.25. The van der Waals surface area contributed by atoms with Crippen LogP contribution in [-0.4, -0.2) is 53.5 Å². The lowest BCUT2D eigenvalue weighted by Crippen LogP contribution is -2.48. The Bertz CT molecular complexity index is 811. The number of aryl methyl sites for hydroxylation is 1. The number of likely N-dealkylation sites (tertiary alicyclic amines) is 2. The highest BCUT2D eigenvalue weighted by atomic mass is 16.5. The molecule has 3 heterocycles. The van der Waals surface area contributed by atoms with E-state index in [0.717, 1.165) is 62.7 Å². The molecule has 5 nitrogen and oxygen atoms in total. The fourth-order valence-electron chi connectivity index (χ4n) is 4.59. The number of rotatable bonds is 5. The van der Waals surface area contributed by atoms with Crippen LogP contribution in [0.1, 0.15) is 30.7 Å². The second kappa shape index (κ2) is 8.31. The lowest BCUT2D eigenvalue weighted by Gasteiger charge is -2.40. The van der Waals surface area contributed by atoms with Crippen LogP contribution in [0.4, 0.5) is 0 Å². The van der Waals surface area contributed by atoms with Gasteiger partial charge in [0.05, 0.1) is 5.69 Å². The van der Waals surface area contributed by atoms with Crippen LogP contribution >= 0.6 is 0 Å². The van der Waals surface area contributed by atoms with E-state index in [1.165, 1.54) is 6.42 Å². The summed E-state index contributed by atoms with van der Waals surface area (Å²) in [5.74, 6) is 0.849. The molecule has 1 aromatic heterocycles. The van der Waals surface area contributed by atoms with Crippen molar-refractivity contribution >= 4 is 5.91 Å². The molecule has 2 saturated heterocycles. The molecule has 2 aliphatic rings. The average Bonchev–Trinajstić information content (AvgIpc) is 3.08. The van der Waals surface area contributed by atoms with Gasteiger partial charge in [0.1, 0.15) is 5.75 Å². The summed E-state index contributed by atoms with van der Waals surface area (Å²) in [4.78, 5) is 21.9. The van der Waals surface area contributed by atoms with Gasteiger partial charge in [0.2, 0.25) is 0 Å². The van der Waals surface area contributed by atoms with Gasteiger partial charge < -0.3 is 9.64 Å². The zero-order valence-corrected chi connectivity index (χ0v) is 16.6. The van der Waals surface area contributed by atoms with E-state index in [2.05, 4.69) is 22.0 Å². The second-order valence-corrected chi connectivity index (χ2v) is 8.25. The van der Waals surface area contributed by atoms with Gasteiger partial charge in [-0.2, -0.15) is 0 Å². The Labute approximate surface area is 167 Å². The van der Waals surface area contributed by atoms with Crippen LogP contribution < -0.4 is 4.74 Å². The van der Waals surface area contributed by atoms with Gasteiger partial charge in [-0.15, -0.1) is 0 Å². The van der Waals surface area contributed by atoms with Crippen molar-refractivity contribution in [1.29, 1.82) is 0 Å². The van der Waals surface area contributed by atoms with E-state index >= 15 is 0 Å². The summed E-state index contributed by atoms with van der Waals surface area (Å²) in [5, 5.41) is 0. The molecular weight excluding hydrogens is 350 g/mol. The summed E-state index contributed by atoms with van der Waals surface area (Å²) >= 11 is 0. The van der Waals surface area contributed by atoms with E-state index < -0.39 is 0 Å². The number of para-hydroxylation sites is 1. The number of piperidine rings is 1. The SMILES string of the molecule is Cc1cccc(CN2CC[C@@]3(CCCN(C(=O)COc4ccccc4)C3)C2)n1. The zero-order chi connectivity index (χ0) is 19.4. The van der Waals surface area contributed by atoms with Crippen molar-refractivity contribution in [2.45, 2.75) is 32.7 Å². The van der Waals surface area contributed by atoms with Crippen molar-refractivity contribution in [3.8, 4) is 5.75 Å². The van der Waals surface area contributed by atoms with E-state index in [0.29, 0.717) is 0 Å². The quantitative estimate of drug-likeness (QED) is 0.800. The molecule has 2 aromatic rings. The zero-order valence-electron chi connectivity index (χ0n) is 16.6. The number of benzene rings is 1. The Morgan fingerprint density at radius 2 is 1.93 bits per heavy atom. The van der Waals surface area contributed by atoms with Crippen LogP contribution in [-0.2, 0) is 11.3 Å². The summed E-state index contributed by atoms with van der Waals surface area (Å²) in [6, 6.07) is 15.8. The highest BCUT2D eigenvalue weighted by Crippen LogP contribution is 2.39. The highest BCUT2D eigenvalue weighted by molar-refractivity contribution is 5.78. The molecule has 2 aliphatic heterocycles. The molecule has 1 spiro atoms. The van der Waals surface area contributed by atoms with Gasteiger partial charge in [-0.25, -0.2) is 0 Å². The molecule has 4 rings (SSSR count). The third-order valence-corrected chi connectivity index (χ3v) is 5.97. The molecule has 0 unspecified atom stereocenters. The fraction of sp³-hybridized carbons (Fsp3) is 0.478. The van der Waals surface area contributed by atoms with Gasteiger partial charge >= 0.3 is 0 Å². The van der Waals surface area contributed by atoms with Gasteiger partial charge in [0.25, 0.3) is 5.91 Å². The number of hydrogen-bond acceptors (Lipinski definition) is 4. The van der Waals surface area contributed by atoms with Crippen LogP contribution in [0.25, 0.3) is 0 Å². The Kier molecular flexibility index (Phi) is 5.62. The first-order valence-electron chi connectivity index (χ1n) is 10.2. The monoisotopic (exact) mass is 379 g/mol. The van der Waals surface area contributed by atoms with Crippen molar-refractivity contribution in [3.05, 3.63) is 59.9 Å². The molecular formula is C23H29N3O2. The minimum Gasteiger partial charge on any atom is -0.484 e. The molecule has 0 saturated carbocycles. The predicted molar refractivity (Wildman–Crippen MR) is 109 cm³/mol. The molecule has 28 heavy (non-hydrogen) atoms. The van der Waals surface area contributed by atoms with Crippen LogP contribution in [0.3, 0.4) is 0 Å². The summed E-state index contributed by atoms with van der Waals surface area (Å²) in [5.41, 5.74) is 2.43. The first-order valence-corrected chi connectivity index (χ1v) is 10.2. The first kappa shape index (κ1) is 18.9. The van der Waals surface area contributed by atoms with Gasteiger partial charge in [-0.05, 0) is 57.0 Å². The number of amides is 1. The Morgan fingerprint density at radius 3 is 2.75 bits per heavy atom. The van der Waals surface area contributed by atoms with Crippen LogP contribution in [0.2, 0.25) is 0 Å². The largest absolute Gasteiger partial charge is 0.484 e. The summed E-state index contributed by atoms with van der Waals surface area (Å²) in [6.07, 6.45) is 3.43. The van der Waals surface area contributed by atoms with E-state index in [9.17, 15) is 4.79 Å². The Balaban J connectivity index is 1.32. The topological polar surface area (TPSA) is 45.7 Å². The molecule has 0 N–H and O–H groups in total. The molecule has 0 aliphatic carbocycles. The average molecular weight is 380 g/mol. The van der Waals surface area contributed by atoms with Crippen molar-refractivity contribution in [3.63, 3.8) is 0 Å². The molecule has 2 fully saturated rings. The molecule has 0 bridgehead atoms. The number of nitrogens with zero attached hydrogens (tertiary/aromatic N) is 3. The van der Waals surface area contributed by atoms with Crippen LogP contribution in [0.5, 0.6) is 5.75 Å². The lowest BCUT2D eigenvalue weighted by atomic mass is 9.79. The smallest absolute Gasteiger partial charge is 0.260 e. The number of hydrogen-bond donors (Lipinski definition) is 0. The minimum absolute atomic E-state index is 0.0988. The lowest BCUT2D eigenvalue weighted by molar-refractivity contribution is -0.136. The first-order chi connectivity index (χ1) is 13.6. The summed E-state index contributed by atoms with van der Waals surface area (Å²) in [7, 11) is 0. The highest BCUT2D eigenvalue weighted by Gasteiger charge is 2.42. The Hall–Kier alpha value is -2.40. The van der Waals surface area contributed by atoms with Gasteiger partial charge in [0.15, 0.2) is 6.61 Å². The molecule has 0 radical (unpaired) electrons. The van der Waals surface area contributed by atoms with Crippen LogP contribution in [0.15, 0.2) is 48.5 Å². The number of ether oxygens (including phenoxy) is 1. The molecule has 1 aromatic carbocycles. The third kappa shape index (κ3) is 4.53. The minimum atomic E-state index is 0.0988.